The summed E-state index contributed by atoms with van der Waals surface area (Å²) in [5.74, 6) is 2.49. The summed E-state index contributed by atoms with van der Waals surface area (Å²) in [6.07, 6.45) is 4.41. The van der Waals surface area contributed by atoms with E-state index < -0.39 is 0 Å². The molecule has 0 atom stereocenters. The summed E-state index contributed by atoms with van der Waals surface area (Å²) < 4.78 is 0. The topological polar surface area (TPSA) is 53.9 Å². The molecule has 2 aromatic heterocycles. The van der Waals surface area contributed by atoms with E-state index in [9.17, 15) is 0 Å². The molecular formula is C19H27N5. The molecule has 0 unspecified atom stereocenters. The predicted octanol–water partition coefficient (Wildman–Crippen LogP) is 3.30. The van der Waals surface area contributed by atoms with Gasteiger partial charge in [-0.15, -0.1) is 0 Å². The van der Waals surface area contributed by atoms with E-state index in [4.69, 9.17) is 4.98 Å². The second-order valence-electron chi connectivity index (χ2n) is 6.77. The van der Waals surface area contributed by atoms with Crippen molar-refractivity contribution in [1.82, 2.24) is 19.9 Å². The maximum absolute atomic E-state index is 4.69. The first-order chi connectivity index (χ1) is 11.6. The van der Waals surface area contributed by atoms with Crippen LogP contribution in [0.1, 0.15) is 31.0 Å². The van der Waals surface area contributed by atoms with E-state index in [-0.39, 0.29) is 0 Å². The summed E-state index contributed by atoms with van der Waals surface area (Å²) in [4.78, 5) is 16.2. The SMILES string of the molecule is Cc1nc(-c2ccccn2)nc(NCCN2CCC(C)CC2)c1C. The van der Waals surface area contributed by atoms with Gasteiger partial charge in [-0.25, -0.2) is 9.97 Å². The molecule has 1 saturated heterocycles. The Bertz CT molecular complexity index is 663. The first-order valence-electron chi connectivity index (χ1n) is 8.86. The Labute approximate surface area is 144 Å². The number of pyridine rings is 1. The van der Waals surface area contributed by atoms with Crippen LogP contribution >= 0.6 is 0 Å². The Hall–Kier alpha value is -2.01. The Morgan fingerprint density at radius 3 is 2.67 bits per heavy atom. The summed E-state index contributed by atoms with van der Waals surface area (Å²) in [6, 6.07) is 5.82. The van der Waals surface area contributed by atoms with Gasteiger partial charge in [0.1, 0.15) is 11.5 Å². The standard InChI is InChI=1S/C19H27N5/c1-14-7-11-24(12-8-14)13-10-21-18-15(2)16(3)22-19(23-18)17-6-4-5-9-20-17/h4-6,9,14H,7-8,10-13H2,1-3H3,(H,21,22,23). The van der Waals surface area contributed by atoms with E-state index in [2.05, 4.69) is 34.0 Å². The lowest BCUT2D eigenvalue weighted by Gasteiger charge is -2.30. The van der Waals surface area contributed by atoms with Gasteiger partial charge in [0.15, 0.2) is 5.82 Å². The van der Waals surface area contributed by atoms with Crippen LogP contribution in [-0.4, -0.2) is 46.0 Å². The molecule has 0 spiro atoms. The molecule has 2 aromatic rings. The van der Waals surface area contributed by atoms with E-state index >= 15 is 0 Å². The number of hydrogen-bond donors (Lipinski definition) is 1. The lowest BCUT2D eigenvalue weighted by molar-refractivity contribution is 0.199. The molecule has 0 saturated carbocycles. The van der Waals surface area contributed by atoms with Gasteiger partial charge >= 0.3 is 0 Å². The molecule has 0 bridgehead atoms. The zero-order valence-corrected chi connectivity index (χ0v) is 14.9. The fourth-order valence-electron chi connectivity index (χ4n) is 3.03. The van der Waals surface area contributed by atoms with Crippen molar-refractivity contribution in [2.24, 2.45) is 5.92 Å². The number of aromatic nitrogens is 3. The Kier molecular flexibility index (Phi) is 5.41. The third-order valence-electron chi connectivity index (χ3n) is 4.88. The number of likely N-dealkylation sites (tertiary alicyclic amines) is 1. The van der Waals surface area contributed by atoms with Crippen molar-refractivity contribution in [2.45, 2.75) is 33.6 Å². The van der Waals surface area contributed by atoms with Crippen LogP contribution in [0.4, 0.5) is 5.82 Å². The number of hydrogen-bond acceptors (Lipinski definition) is 5. The van der Waals surface area contributed by atoms with Gasteiger partial charge in [-0.1, -0.05) is 13.0 Å². The zero-order chi connectivity index (χ0) is 16.9. The predicted molar refractivity (Wildman–Crippen MR) is 98.1 cm³/mol. The Morgan fingerprint density at radius 1 is 1.17 bits per heavy atom. The highest BCUT2D eigenvalue weighted by Crippen LogP contribution is 2.20. The smallest absolute Gasteiger partial charge is 0.180 e. The van der Waals surface area contributed by atoms with Crippen LogP contribution < -0.4 is 5.32 Å². The van der Waals surface area contributed by atoms with Crippen molar-refractivity contribution in [3.8, 4) is 11.5 Å². The third-order valence-corrected chi connectivity index (χ3v) is 4.88. The van der Waals surface area contributed by atoms with Gasteiger partial charge in [0.25, 0.3) is 0 Å². The van der Waals surface area contributed by atoms with Crippen LogP contribution in [0.25, 0.3) is 11.5 Å². The van der Waals surface area contributed by atoms with E-state index in [0.29, 0.717) is 5.82 Å². The molecule has 5 nitrogen and oxygen atoms in total. The maximum atomic E-state index is 4.69. The largest absolute Gasteiger partial charge is 0.368 e. The quantitative estimate of drug-likeness (QED) is 0.914. The van der Waals surface area contributed by atoms with Crippen LogP contribution in [0, 0.1) is 19.8 Å². The number of aryl methyl sites for hydroxylation is 1. The molecule has 3 rings (SSSR count). The van der Waals surface area contributed by atoms with Crippen molar-refractivity contribution in [3.63, 3.8) is 0 Å². The first kappa shape index (κ1) is 16.8. The fraction of sp³-hybridized carbons (Fsp3) is 0.526. The summed E-state index contributed by atoms with van der Waals surface area (Å²) in [6.45, 7) is 10.8. The summed E-state index contributed by atoms with van der Waals surface area (Å²) >= 11 is 0. The van der Waals surface area contributed by atoms with Gasteiger partial charge in [-0.3, -0.25) is 4.98 Å². The third kappa shape index (κ3) is 4.09. The summed E-state index contributed by atoms with van der Waals surface area (Å²) in [5, 5.41) is 3.50. The van der Waals surface area contributed by atoms with Crippen molar-refractivity contribution in [3.05, 3.63) is 35.7 Å². The van der Waals surface area contributed by atoms with E-state index in [1.165, 1.54) is 25.9 Å². The minimum Gasteiger partial charge on any atom is -0.368 e. The molecule has 3 heterocycles. The van der Waals surface area contributed by atoms with Crippen LogP contribution in [0.3, 0.4) is 0 Å². The molecule has 5 heteroatoms. The van der Waals surface area contributed by atoms with Crippen LogP contribution in [0.15, 0.2) is 24.4 Å². The van der Waals surface area contributed by atoms with Gasteiger partial charge < -0.3 is 10.2 Å². The van der Waals surface area contributed by atoms with Gasteiger partial charge in [-0.05, 0) is 57.8 Å². The minimum atomic E-state index is 0.688. The number of nitrogens with one attached hydrogen (secondary N) is 1. The fourth-order valence-corrected chi connectivity index (χ4v) is 3.03. The molecule has 0 aliphatic carbocycles. The van der Waals surface area contributed by atoms with Gasteiger partial charge in [0, 0.05) is 30.5 Å². The molecule has 1 aliphatic heterocycles. The summed E-state index contributed by atoms with van der Waals surface area (Å²) in [7, 11) is 0. The van der Waals surface area contributed by atoms with Gasteiger partial charge in [-0.2, -0.15) is 0 Å². The number of rotatable bonds is 5. The van der Waals surface area contributed by atoms with E-state index in [1.54, 1.807) is 6.20 Å². The highest BCUT2D eigenvalue weighted by atomic mass is 15.2. The zero-order valence-electron chi connectivity index (χ0n) is 14.9. The highest BCUT2D eigenvalue weighted by Gasteiger charge is 2.15. The second-order valence-corrected chi connectivity index (χ2v) is 6.77. The van der Waals surface area contributed by atoms with Crippen LogP contribution in [0.2, 0.25) is 0 Å². The molecule has 24 heavy (non-hydrogen) atoms. The van der Waals surface area contributed by atoms with Crippen LogP contribution in [0.5, 0.6) is 0 Å². The van der Waals surface area contributed by atoms with Crippen molar-refractivity contribution in [2.75, 3.05) is 31.5 Å². The van der Waals surface area contributed by atoms with E-state index in [1.807, 2.05) is 25.1 Å². The molecule has 0 aromatic carbocycles. The molecule has 1 aliphatic rings. The average Bonchev–Trinajstić information content (AvgIpc) is 2.61. The average molecular weight is 325 g/mol. The first-order valence-corrected chi connectivity index (χ1v) is 8.86. The van der Waals surface area contributed by atoms with Crippen LogP contribution in [-0.2, 0) is 0 Å². The molecule has 1 fully saturated rings. The number of piperidine rings is 1. The highest BCUT2D eigenvalue weighted by molar-refractivity contribution is 5.56. The lowest BCUT2D eigenvalue weighted by atomic mass is 9.99. The number of anilines is 1. The second kappa shape index (κ2) is 7.71. The molecule has 0 radical (unpaired) electrons. The Morgan fingerprint density at radius 2 is 1.96 bits per heavy atom. The van der Waals surface area contributed by atoms with Gasteiger partial charge in [0.2, 0.25) is 0 Å². The molecule has 0 amide bonds. The van der Waals surface area contributed by atoms with Crippen molar-refractivity contribution < 1.29 is 0 Å². The molecule has 128 valence electrons. The van der Waals surface area contributed by atoms with Crippen molar-refractivity contribution in [1.29, 1.82) is 0 Å². The van der Waals surface area contributed by atoms with Crippen molar-refractivity contribution >= 4 is 5.82 Å². The van der Waals surface area contributed by atoms with E-state index in [0.717, 1.165) is 41.8 Å². The minimum absolute atomic E-state index is 0.688. The summed E-state index contributed by atoms with van der Waals surface area (Å²) in [5.41, 5.74) is 2.93. The van der Waals surface area contributed by atoms with Gasteiger partial charge in [0.05, 0.1) is 0 Å². The maximum Gasteiger partial charge on any atom is 0.180 e. The number of nitrogens with zero attached hydrogens (tertiary/aromatic N) is 4. The monoisotopic (exact) mass is 325 g/mol. The Balaban J connectivity index is 1.65. The lowest BCUT2D eigenvalue weighted by Crippen LogP contribution is -2.36. The molecular weight excluding hydrogens is 298 g/mol. The normalized spacial score (nSPS) is 16.3. The molecule has 1 N–H and O–H groups in total.